The van der Waals surface area contributed by atoms with Gasteiger partial charge >= 0.3 is 0 Å². The fourth-order valence-corrected chi connectivity index (χ4v) is 2.26. The summed E-state index contributed by atoms with van der Waals surface area (Å²) in [5.74, 6) is 1.43. The van der Waals surface area contributed by atoms with Crippen LogP contribution < -0.4 is 11.5 Å². The first-order valence-electron chi connectivity index (χ1n) is 5.59. The number of hydrogen-bond donors (Lipinski definition) is 2. The molecule has 3 aliphatic rings. The molecule has 0 aromatic heterocycles. The van der Waals surface area contributed by atoms with Gasteiger partial charge in [-0.05, 0) is 12.8 Å². The Morgan fingerprint density at radius 3 is 2.76 bits per heavy atom. The number of nitrogen functional groups attached to an aromatic ring is 2. The zero-order chi connectivity index (χ0) is 11.8. The van der Waals surface area contributed by atoms with Crippen molar-refractivity contribution >= 4 is 11.8 Å². The molecule has 0 amide bonds. The zero-order valence-electron chi connectivity index (χ0n) is 9.33. The third-order valence-corrected chi connectivity index (χ3v) is 3.09. The van der Waals surface area contributed by atoms with Gasteiger partial charge in [0.2, 0.25) is 5.95 Å². The van der Waals surface area contributed by atoms with Crippen molar-refractivity contribution in [1.29, 1.82) is 0 Å². The first-order valence-corrected chi connectivity index (χ1v) is 5.59. The molecule has 0 radical (unpaired) electrons. The molecule has 0 aromatic rings. The molecule has 4 N–H and O–H groups in total. The van der Waals surface area contributed by atoms with E-state index in [4.69, 9.17) is 16.2 Å². The summed E-state index contributed by atoms with van der Waals surface area (Å²) in [7, 11) is 0. The number of rotatable bonds is 1. The van der Waals surface area contributed by atoms with Crippen LogP contribution in [-0.4, -0.2) is 32.7 Å². The molecule has 7 nitrogen and oxygen atoms in total. The molecule has 17 heavy (non-hydrogen) atoms. The number of anilines is 2. The SMILES string of the molecule is Nc1nc(N)n(C2CCOCC2)c2ncnc1-2. The maximum atomic E-state index is 5.94. The maximum absolute atomic E-state index is 5.94. The Kier molecular flexibility index (Phi) is 2.32. The summed E-state index contributed by atoms with van der Waals surface area (Å²) in [4.78, 5) is 12.5. The van der Waals surface area contributed by atoms with Crippen LogP contribution in [0.2, 0.25) is 0 Å². The van der Waals surface area contributed by atoms with E-state index in [9.17, 15) is 0 Å². The molecule has 0 saturated carbocycles. The van der Waals surface area contributed by atoms with Crippen LogP contribution in [0, 0.1) is 0 Å². The van der Waals surface area contributed by atoms with Crippen LogP contribution in [-0.2, 0) is 4.74 Å². The van der Waals surface area contributed by atoms with Crippen LogP contribution in [0.15, 0.2) is 6.33 Å². The zero-order valence-corrected chi connectivity index (χ0v) is 9.33. The van der Waals surface area contributed by atoms with E-state index in [0.717, 1.165) is 26.1 Å². The second kappa shape index (κ2) is 3.85. The number of nitrogens with two attached hydrogens (primary N) is 2. The summed E-state index contributed by atoms with van der Waals surface area (Å²) in [6.45, 7) is 1.47. The van der Waals surface area contributed by atoms with Gasteiger partial charge in [-0.1, -0.05) is 0 Å². The third kappa shape index (κ3) is 1.59. The van der Waals surface area contributed by atoms with Gasteiger partial charge in [-0.15, -0.1) is 0 Å². The Hall–Kier alpha value is -1.89. The van der Waals surface area contributed by atoms with Crippen molar-refractivity contribution < 1.29 is 4.74 Å². The largest absolute Gasteiger partial charge is 0.382 e. The number of fused-ring (bicyclic) bond motifs is 1. The molecule has 3 rings (SSSR count). The normalized spacial score (nSPS) is 17.6. The Bertz CT molecular complexity index is 504. The molecule has 1 saturated heterocycles. The lowest BCUT2D eigenvalue weighted by molar-refractivity contribution is 0.0700. The molecule has 0 aromatic carbocycles. The smallest absolute Gasteiger partial charge is 0.204 e. The first-order chi connectivity index (χ1) is 8.27. The molecule has 0 atom stereocenters. The van der Waals surface area contributed by atoms with Gasteiger partial charge < -0.3 is 16.2 Å². The van der Waals surface area contributed by atoms with Gasteiger partial charge in [0.15, 0.2) is 11.6 Å². The van der Waals surface area contributed by atoms with Crippen molar-refractivity contribution in [3.05, 3.63) is 6.33 Å². The van der Waals surface area contributed by atoms with E-state index >= 15 is 0 Å². The van der Waals surface area contributed by atoms with Gasteiger partial charge in [-0.25, -0.2) is 9.97 Å². The second-order valence-corrected chi connectivity index (χ2v) is 4.11. The number of nitrogens with zero attached hydrogens (tertiary/aromatic N) is 4. The quantitative estimate of drug-likeness (QED) is 0.735. The van der Waals surface area contributed by atoms with E-state index in [1.165, 1.54) is 6.33 Å². The fraction of sp³-hybridized carbons (Fsp3) is 0.500. The van der Waals surface area contributed by atoms with E-state index < -0.39 is 0 Å². The standard InChI is InChI=1S/C10H14N6O/c11-8-7-9(14-5-13-7)16(10(12)15-8)6-1-3-17-4-2-6/h5-6H,1-4,11H2,(H2,12,15). The number of imidazole rings is 1. The van der Waals surface area contributed by atoms with Crippen molar-refractivity contribution in [3.8, 4) is 11.5 Å². The lowest BCUT2D eigenvalue weighted by Gasteiger charge is -2.27. The summed E-state index contributed by atoms with van der Waals surface area (Å²) >= 11 is 0. The van der Waals surface area contributed by atoms with Crippen LogP contribution in [0.3, 0.4) is 0 Å². The molecule has 3 heterocycles. The number of aromatic nitrogens is 4. The third-order valence-electron chi connectivity index (χ3n) is 3.09. The summed E-state index contributed by atoms with van der Waals surface area (Å²) < 4.78 is 7.26. The molecule has 90 valence electrons. The molecule has 1 fully saturated rings. The van der Waals surface area contributed by atoms with Crippen LogP contribution in [0.1, 0.15) is 18.9 Å². The molecule has 7 heteroatoms. The predicted molar refractivity (Wildman–Crippen MR) is 62.4 cm³/mol. The molecular formula is C10H14N6O. The topological polar surface area (TPSA) is 105 Å². The average molecular weight is 234 g/mol. The Labute approximate surface area is 98.2 Å². The summed E-state index contributed by atoms with van der Waals surface area (Å²) in [6.07, 6.45) is 3.29. The van der Waals surface area contributed by atoms with Gasteiger partial charge in [0.25, 0.3) is 0 Å². The highest BCUT2D eigenvalue weighted by Gasteiger charge is 2.25. The van der Waals surface area contributed by atoms with Crippen molar-refractivity contribution in [2.45, 2.75) is 18.9 Å². The van der Waals surface area contributed by atoms with Crippen molar-refractivity contribution in [2.24, 2.45) is 0 Å². The Morgan fingerprint density at radius 2 is 2.00 bits per heavy atom. The average Bonchev–Trinajstić information content (AvgIpc) is 2.79. The predicted octanol–water partition coefficient (Wildman–Crippen LogP) is 0.294. The molecule has 0 aliphatic carbocycles. The van der Waals surface area contributed by atoms with Gasteiger partial charge in [-0.3, -0.25) is 4.57 Å². The van der Waals surface area contributed by atoms with E-state index in [-0.39, 0.29) is 6.04 Å². The first kappa shape index (κ1) is 10.3. The fourth-order valence-electron chi connectivity index (χ4n) is 2.26. The van der Waals surface area contributed by atoms with Crippen LogP contribution in [0.4, 0.5) is 11.8 Å². The molecule has 0 bridgehead atoms. The van der Waals surface area contributed by atoms with Crippen LogP contribution in [0.25, 0.3) is 11.5 Å². The summed E-state index contributed by atoms with van der Waals surface area (Å²) in [5.41, 5.74) is 12.3. The van der Waals surface area contributed by atoms with Gasteiger partial charge in [0.1, 0.15) is 12.0 Å². The van der Waals surface area contributed by atoms with E-state index in [0.29, 0.717) is 23.3 Å². The lowest BCUT2D eigenvalue weighted by atomic mass is 10.1. The minimum absolute atomic E-state index is 0.260. The van der Waals surface area contributed by atoms with Crippen LogP contribution in [0.5, 0.6) is 0 Å². The van der Waals surface area contributed by atoms with Gasteiger partial charge in [0, 0.05) is 19.3 Å². The maximum Gasteiger partial charge on any atom is 0.204 e. The van der Waals surface area contributed by atoms with E-state index in [1.807, 2.05) is 4.57 Å². The minimum Gasteiger partial charge on any atom is -0.382 e. The molecule has 0 spiro atoms. The monoisotopic (exact) mass is 234 g/mol. The summed E-state index contributed by atoms with van der Waals surface area (Å²) in [5, 5.41) is 0. The molecule has 3 aliphatic heterocycles. The molecular weight excluding hydrogens is 220 g/mol. The van der Waals surface area contributed by atoms with Crippen molar-refractivity contribution in [2.75, 3.05) is 24.7 Å². The van der Waals surface area contributed by atoms with E-state index in [1.54, 1.807) is 0 Å². The van der Waals surface area contributed by atoms with E-state index in [2.05, 4.69) is 15.0 Å². The van der Waals surface area contributed by atoms with Gasteiger partial charge in [0.05, 0.1) is 0 Å². The second-order valence-electron chi connectivity index (χ2n) is 4.11. The van der Waals surface area contributed by atoms with Crippen molar-refractivity contribution in [3.63, 3.8) is 0 Å². The lowest BCUT2D eigenvalue weighted by Crippen LogP contribution is -2.24. The Morgan fingerprint density at radius 1 is 1.24 bits per heavy atom. The van der Waals surface area contributed by atoms with Crippen molar-refractivity contribution in [1.82, 2.24) is 19.5 Å². The highest BCUT2D eigenvalue weighted by Crippen LogP contribution is 2.32. The Balaban J connectivity index is 2.12. The van der Waals surface area contributed by atoms with Crippen LogP contribution >= 0.6 is 0 Å². The number of hydrogen-bond acceptors (Lipinski definition) is 6. The summed E-state index contributed by atoms with van der Waals surface area (Å²) in [6, 6.07) is 0.260. The highest BCUT2D eigenvalue weighted by molar-refractivity contribution is 5.67. The molecule has 0 unspecified atom stereocenters. The minimum atomic E-state index is 0.260. The number of ether oxygens (including phenoxy) is 1. The highest BCUT2D eigenvalue weighted by atomic mass is 16.5. The van der Waals surface area contributed by atoms with Gasteiger partial charge in [-0.2, -0.15) is 4.98 Å².